The Morgan fingerprint density at radius 3 is 2.83 bits per heavy atom. The molecule has 1 N–H and O–H groups in total. The van der Waals surface area contributed by atoms with Crippen LogP contribution in [0, 0.1) is 30.6 Å². The Morgan fingerprint density at radius 2 is 2.13 bits per heavy atom. The number of aliphatic hydroxyl groups is 1. The maximum absolute atomic E-state index is 13.2. The van der Waals surface area contributed by atoms with Gasteiger partial charge in [0.1, 0.15) is 0 Å². The van der Waals surface area contributed by atoms with Gasteiger partial charge < -0.3 is 9.84 Å². The fourth-order valence-corrected chi connectivity index (χ4v) is 5.81. The number of ether oxygens (including phenoxy) is 1. The molecule has 1 aromatic rings. The molecule has 7 atom stereocenters. The van der Waals surface area contributed by atoms with Crippen LogP contribution in [-0.2, 0) is 9.53 Å². The van der Waals surface area contributed by atoms with Crippen molar-refractivity contribution in [2.45, 2.75) is 37.7 Å². The lowest BCUT2D eigenvalue weighted by Crippen LogP contribution is -2.51. The van der Waals surface area contributed by atoms with Crippen LogP contribution in [0.3, 0.4) is 0 Å². The summed E-state index contributed by atoms with van der Waals surface area (Å²) in [7, 11) is 0. The molecule has 120 valence electrons. The predicted molar refractivity (Wildman–Crippen MR) is 85.7 cm³/mol. The van der Waals surface area contributed by atoms with Crippen molar-refractivity contribution in [2.24, 2.45) is 23.7 Å². The first-order valence-electron chi connectivity index (χ1n) is 8.46. The number of aryl methyl sites for hydroxylation is 1. The summed E-state index contributed by atoms with van der Waals surface area (Å²) in [5, 5.41) is 10.5. The molecule has 2 aliphatic heterocycles. The Kier molecular flexibility index (Phi) is 2.54. The van der Waals surface area contributed by atoms with Crippen molar-refractivity contribution in [3.63, 3.8) is 0 Å². The highest BCUT2D eigenvalue weighted by molar-refractivity contribution is 6.00. The van der Waals surface area contributed by atoms with Crippen LogP contribution in [0.4, 0.5) is 5.69 Å². The first-order valence-corrected chi connectivity index (χ1v) is 8.46. The minimum atomic E-state index is -0.652. The molecule has 23 heavy (non-hydrogen) atoms. The molecule has 2 aliphatic carbocycles. The lowest BCUT2D eigenvalue weighted by atomic mass is 9.76. The third kappa shape index (κ3) is 1.42. The summed E-state index contributed by atoms with van der Waals surface area (Å²) in [4.78, 5) is 15.1. The average Bonchev–Trinajstić information content (AvgIpc) is 3.18. The highest BCUT2D eigenvalue weighted by atomic mass is 16.6. The minimum absolute atomic E-state index is 0.0599. The van der Waals surface area contributed by atoms with Gasteiger partial charge >= 0.3 is 0 Å². The van der Waals surface area contributed by atoms with E-state index in [9.17, 15) is 9.90 Å². The van der Waals surface area contributed by atoms with E-state index in [1.165, 1.54) is 5.56 Å². The number of rotatable bonds is 3. The lowest BCUT2D eigenvalue weighted by molar-refractivity contribution is -0.132. The lowest BCUT2D eigenvalue weighted by Gasteiger charge is -2.38. The van der Waals surface area contributed by atoms with Crippen molar-refractivity contribution >= 4 is 11.6 Å². The first kappa shape index (κ1) is 13.8. The van der Waals surface area contributed by atoms with Crippen molar-refractivity contribution < 1.29 is 14.6 Å². The SMILES string of the molecule is C=CCC12OC3C(O)C4CC3C1C4C(=O)N2c1ccc(C)cc1. The minimum Gasteiger partial charge on any atom is -0.390 e. The summed E-state index contributed by atoms with van der Waals surface area (Å²) in [6.07, 6.45) is 2.77. The van der Waals surface area contributed by atoms with E-state index in [0.29, 0.717) is 12.3 Å². The van der Waals surface area contributed by atoms with Crippen LogP contribution in [0.15, 0.2) is 36.9 Å². The molecule has 4 aliphatic rings. The molecule has 4 heteroatoms. The van der Waals surface area contributed by atoms with E-state index in [1.54, 1.807) is 0 Å². The van der Waals surface area contributed by atoms with E-state index in [4.69, 9.17) is 4.74 Å². The molecule has 1 aromatic carbocycles. The normalized spacial score (nSPS) is 46.0. The van der Waals surface area contributed by atoms with Gasteiger partial charge in [0, 0.05) is 18.0 Å². The standard InChI is InChI=1S/C19H21NO3/c1-3-8-19-15-13-9-12(16(21)17(13)23-19)14(15)18(22)20(19)11-6-4-10(2)5-7-11/h3-7,12-17,21H,1,8-9H2,2H3. The van der Waals surface area contributed by atoms with Gasteiger partial charge in [0.25, 0.3) is 0 Å². The van der Waals surface area contributed by atoms with Crippen molar-refractivity contribution in [2.75, 3.05) is 4.90 Å². The number of hydrogen-bond donors (Lipinski definition) is 1. The van der Waals surface area contributed by atoms with E-state index in [2.05, 4.69) is 6.58 Å². The van der Waals surface area contributed by atoms with Crippen LogP contribution in [0.5, 0.6) is 0 Å². The maximum atomic E-state index is 13.2. The summed E-state index contributed by atoms with van der Waals surface area (Å²) in [5.74, 6) is 0.567. The first-order chi connectivity index (χ1) is 11.1. The van der Waals surface area contributed by atoms with Gasteiger partial charge in [0.2, 0.25) is 5.91 Å². The summed E-state index contributed by atoms with van der Waals surface area (Å²) in [6, 6.07) is 8.05. The molecular formula is C19H21NO3. The number of aliphatic hydroxyl groups excluding tert-OH is 1. The topological polar surface area (TPSA) is 49.8 Å². The van der Waals surface area contributed by atoms with Crippen LogP contribution in [0.2, 0.25) is 0 Å². The molecule has 0 radical (unpaired) electrons. The van der Waals surface area contributed by atoms with E-state index >= 15 is 0 Å². The van der Waals surface area contributed by atoms with Gasteiger partial charge in [0.05, 0.1) is 18.1 Å². The van der Waals surface area contributed by atoms with Gasteiger partial charge in [-0.05, 0) is 37.3 Å². The molecule has 7 unspecified atom stereocenters. The van der Waals surface area contributed by atoms with E-state index in [0.717, 1.165) is 12.1 Å². The van der Waals surface area contributed by atoms with E-state index < -0.39 is 11.8 Å². The van der Waals surface area contributed by atoms with Gasteiger partial charge in [-0.25, -0.2) is 0 Å². The quantitative estimate of drug-likeness (QED) is 0.871. The maximum Gasteiger partial charge on any atom is 0.233 e. The van der Waals surface area contributed by atoms with Gasteiger partial charge in [-0.15, -0.1) is 6.58 Å². The Morgan fingerprint density at radius 1 is 1.39 bits per heavy atom. The van der Waals surface area contributed by atoms with Crippen LogP contribution in [0.1, 0.15) is 18.4 Å². The second-order valence-electron chi connectivity index (χ2n) is 7.53. The molecular weight excluding hydrogens is 290 g/mol. The fourth-order valence-electron chi connectivity index (χ4n) is 5.81. The number of fused-ring (bicyclic) bond motifs is 2. The number of amides is 1. The van der Waals surface area contributed by atoms with Crippen molar-refractivity contribution in [1.29, 1.82) is 0 Å². The Balaban J connectivity index is 1.67. The number of nitrogens with zero attached hydrogens (tertiary/aromatic N) is 1. The molecule has 2 bridgehead atoms. The van der Waals surface area contributed by atoms with Crippen LogP contribution < -0.4 is 4.90 Å². The number of anilines is 1. The number of carbonyl (C=O) groups is 1. The molecule has 5 rings (SSSR count). The van der Waals surface area contributed by atoms with Crippen LogP contribution >= 0.6 is 0 Å². The molecule has 4 fully saturated rings. The molecule has 1 amide bonds. The van der Waals surface area contributed by atoms with Gasteiger partial charge in [0.15, 0.2) is 5.72 Å². The molecule has 2 saturated carbocycles. The summed E-state index contributed by atoms with van der Waals surface area (Å²) in [5.41, 5.74) is 1.41. The summed E-state index contributed by atoms with van der Waals surface area (Å²) in [6.45, 7) is 5.93. The Hall–Kier alpha value is -1.65. The van der Waals surface area contributed by atoms with E-state index in [-0.39, 0.29) is 29.8 Å². The zero-order valence-corrected chi connectivity index (χ0v) is 13.2. The zero-order chi connectivity index (χ0) is 15.9. The fraction of sp³-hybridized carbons (Fsp3) is 0.526. The molecule has 0 spiro atoms. The summed E-state index contributed by atoms with van der Waals surface area (Å²) >= 11 is 0. The van der Waals surface area contributed by atoms with Crippen LogP contribution in [0.25, 0.3) is 0 Å². The number of carbonyl (C=O) groups excluding carboxylic acids is 1. The zero-order valence-electron chi connectivity index (χ0n) is 13.2. The second-order valence-corrected chi connectivity index (χ2v) is 7.53. The summed E-state index contributed by atoms with van der Waals surface area (Å²) < 4.78 is 6.42. The molecule has 4 nitrogen and oxygen atoms in total. The number of benzene rings is 1. The molecule has 0 aromatic heterocycles. The third-order valence-electron chi connectivity index (χ3n) is 6.53. The number of hydrogen-bond acceptors (Lipinski definition) is 3. The van der Waals surface area contributed by atoms with Crippen molar-refractivity contribution in [1.82, 2.24) is 0 Å². The van der Waals surface area contributed by atoms with E-state index in [1.807, 2.05) is 42.2 Å². The highest BCUT2D eigenvalue weighted by Crippen LogP contribution is 2.68. The third-order valence-corrected chi connectivity index (χ3v) is 6.53. The molecule has 2 saturated heterocycles. The Bertz CT molecular complexity index is 699. The largest absolute Gasteiger partial charge is 0.390 e. The van der Waals surface area contributed by atoms with Gasteiger partial charge in [-0.1, -0.05) is 23.8 Å². The smallest absolute Gasteiger partial charge is 0.233 e. The van der Waals surface area contributed by atoms with Crippen LogP contribution in [-0.4, -0.2) is 28.9 Å². The van der Waals surface area contributed by atoms with Crippen molar-refractivity contribution in [3.8, 4) is 0 Å². The highest BCUT2D eigenvalue weighted by Gasteiger charge is 2.78. The van der Waals surface area contributed by atoms with Gasteiger partial charge in [-0.2, -0.15) is 0 Å². The van der Waals surface area contributed by atoms with Crippen molar-refractivity contribution in [3.05, 3.63) is 42.5 Å². The molecule has 2 heterocycles. The monoisotopic (exact) mass is 311 g/mol. The Labute approximate surface area is 135 Å². The second kappa shape index (κ2) is 4.25. The average molecular weight is 311 g/mol. The predicted octanol–water partition coefficient (Wildman–Crippen LogP) is 2.26. The van der Waals surface area contributed by atoms with Gasteiger partial charge in [-0.3, -0.25) is 9.69 Å².